The van der Waals surface area contributed by atoms with Crippen molar-refractivity contribution in [1.29, 1.82) is 0 Å². The first-order chi connectivity index (χ1) is 16.0. The first kappa shape index (κ1) is 23.3. The molecule has 8 nitrogen and oxygen atoms in total. The number of hydrogen-bond donors (Lipinski definition) is 1. The molecule has 0 aliphatic heterocycles. The predicted octanol–water partition coefficient (Wildman–Crippen LogP) is 4.09. The summed E-state index contributed by atoms with van der Waals surface area (Å²) in [5.41, 5.74) is 3.83. The van der Waals surface area contributed by atoms with E-state index in [1.54, 1.807) is 66.7 Å². The van der Waals surface area contributed by atoms with Crippen LogP contribution < -0.4 is 24.4 Å². The van der Waals surface area contributed by atoms with Gasteiger partial charge in [0.05, 0.1) is 38.2 Å². The zero-order valence-corrected chi connectivity index (χ0v) is 18.5. The van der Waals surface area contributed by atoms with Crippen molar-refractivity contribution in [2.45, 2.75) is 6.92 Å². The smallest absolute Gasteiger partial charge is 0.343 e. The van der Waals surface area contributed by atoms with Crippen LogP contribution in [0.5, 0.6) is 23.0 Å². The van der Waals surface area contributed by atoms with Crippen LogP contribution >= 0.6 is 0 Å². The Morgan fingerprint density at radius 1 is 0.909 bits per heavy atom. The number of carbonyl (C=O) groups is 2. The molecule has 0 aliphatic carbocycles. The van der Waals surface area contributed by atoms with E-state index in [-0.39, 0.29) is 5.75 Å². The summed E-state index contributed by atoms with van der Waals surface area (Å²) in [6.45, 7) is 2.43. The van der Waals surface area contributed by atoms with Crippen LogP contribution in [0, 0.1) is 0 Å². The minimum absolute atomic E-state index is 0.256. The lowest BCUT2D eigenvalue weighted by molar-refractivity contribution is 0.0729. The molecule has 170 valence electrons. The van der Waals surface area contributed by atoms with Gasteiger partial charge in [-0.15, -0.1) is 0 Å². The molecule has 0 heterocycles. The number of rotatable bonds is 9. The molecule has 0 aromatic heterocycles. The van der Waals surface area contributed by atoms with Crippen LogP contribution in [0.1, 0.15) is 33.2 Å². The van der Waals surface area contributed by atoms with Crippen LogP contribution in [0.3, 0.4) is 0 Å². The number of ether oxygens (including phenoxy) is 4. The molecule has 8 heteroatoms. The summed E-state index contributed by atoms with van der Waals surface area (Å²) in [5.74, 6) is 0.790. The largest absolute Gasteiger partial charge is 0.496 e. The van der Waals surface area contributed by atoms with Gasteiger partial charge < -0.3 is 18.9 Å². The van der Waals surface area contributed by atoms with E-state index in [4.69, 9.17) is 18.9 Å². The molecular formula is C25H24N2O6. The summed E-state index contributed by atoms with van der Waals surface area (Å²) in [6, 6.07) is 18.4. The van der Waals surface area contributed by atoms with Crippen LogP contribution in [0.2, 0.25) is 0 Å². The number of amides is 1. The zero-order chi connectivity index (χ0) is 23.6. The molecule has 3 aromatic carbocycles. The van der Waals surface area contributed by atoms with Crippen molar-refractivity contribution < 1.29 is 28.5 Å². The van der Waals surface area contributed by atoms with Crippen molar-refractivity contribution in [2.24, 2.45) is 5.10 Å². The average molecular weight is 448 g/mol. The highest BCUT2D eigenvalue weighted by atomic mass is 16.6. The molecule has 0 unspecified atom stereocenters. The van der Waals surface area contributed by atoms with Crippen molar-refractivity contribution in [2.75, 3.05) is 20.8 Å². The molecular weight excluding hydrogens is 424 g/mol. The van der Waals surface area contributed by atoms with Gasteiger partial charge in [-0.1, -0.05) is 12.1 Å². The van der Waals surface area contributed by atoms with Crippen molar-refractivity contribution in [3.63, 3.8) is 0 Å². The number of hydrogen-bond acceptors (Lipinski definition) is 7. The molecule has 0 bridgehead atoms. The van der Waals surface area contributed by atoms with Crippen molar-refractivity contribution in [3.8, 4) is 23.0 Å². The molecule has 0 fully saturated rings. The maximum atomic E-state index is 12.5. The Balaban J connectivity index is 1.66. The van der Waals surface area contributed by atoms with E-state index in [0.717, 1.165) is 0 Å². The molecule has 0 atom stereocenters. The summed E-state index contributed by atoms with van der Waals surface area (Å²) >= 11 is 0. The Labute approximate surface area is 191 Å². The number of nitrogens with zero attached hydrogens (tertiary/aromatic N) is 1. The third kappa shape index (κ3) is 6.10. The molecule has 0 radical (unpaired) electrons. The number of hydrazone groups is 1. The van der Waals surface area contributed by atoms with E-state index in [0.29, 0.717) is 40.5 Å². The second-order valence-electron chi connectivity index (χ2n) is 6.66. The van der Waals surface area contributed by atoms with Gasteiger partial charge in [-0.2, -0.15) is 5.10 Å². The third-order valence-corrected chi connectivity index (χ3v) is 4.52. The molecule has 1 amide bonds. The van der Waals surface area contributed by atoms with Gasteiger partial charge in [0.1, 0.15) is 11.5 Å². The second-order valence-corrected chi connectivity index (χ2v) is 6.66. The first-order valence-electron chi connectivity index (χ1n) is 10.1. The number of methoxy groups -OCH3 is 2. The monoisotopic (exact) mass is 448 g/mol. The van der Waals surface area contributed by atoms with Gasteiger partial charge >= 0.3 is 5.97 Å². The fourth-order valence-corrected chi connectivity index (χ4v) is 2.92. The van der Waals surface area contributed by atoms with Gasteiger partial charge in [-0.25, -0.2) is 10.2 Å². The van der Waals surface area contributed by atoms with Crippen molar-refractivity contribution >= 4 is 18.1 Å². The number of nitrogens with one attached hydrogen (secondary N) is 1. The van der Waals surface area contributed by atoms with Crippen molar-refractivity contribution in [3.05, 3.63) is 83.4 Å². The minimum Gasteiger partial charge on any atom is -0.496 e. The fraction of sp³-hybridized carbons (Fsp3) is 0.160. The van der Waals surface area contributed by atoms with Gasteiger partial charge in [0.2, 0.25) is 0 Å². The summed E-state index contributed by atoms with van der Waals surface area (Å²) in [4.78, 5) is 24.8. The van der Waals surface area contributed by atoms with E-state index in [2.05, 4.69) is 10.5 Å². The SMILES string of the molecule is CCOc1ccc(C(=O)Oc2ccc(/C=N/NC(=O)c3ccccc3OC)cc2OC)cc1. The second kappa shape index (κ2) is 11.3. The van der Waals surface area contributed by atoms with E-state index in [1.807, 2.05) is 6.92 Å². The van der Waals surface area contributed by atoms with E-state index in [1.165, 1.54) is 20.4 Å². The lowest BCUT2D eigenvalue weighted by atomic mass is 10.2. The average Bonchev–Trinajstić information content (AvgIpc) is 2.85. The van der Waals surface area contributed by atoms with Gasteiger partial charge in [-0.3, -0.25) is 4.79 Å². The molecule has 0 saturated carbocycles. The minimum atomic E-state index is -0.526. The number of benzene rings is 3. The molecule has 0 spiro atoms. The summed E-state index contributed by atoms with van der Waals surface area (Å²) < 4.78 is 21.4. The summed E-state index contributed by atoms with van der Waals surface area (Å²) in [6.07, 6.45) is 1.45. The molecule has 0 saturated heterocycles. The van der Waals surface area contributed by atoms with Crippen LogP contribution in [0.4, 0.5) is 0 Å². The first-order valence-corrected chi connectivity index (χ1v) is 10.1. The highest BCUT2D eigenvalue weighted by Crippen LogP contribution is 2.28. The predicted molar refractivity (Wildman–Crippen MR) is 124 cm³/mol. The van der Waals surface area contributed by atoms with Crippen molar-refractivity contribution in [1.82, 2.24) is 5.43 Å². The molecule has 3 rings (SSSR count). The van der Waals surface area contributed by atoms with E-state index >= 15 is 0 Å². The Hall–Kier alpha value is -4.33. The highest BCUT2D eigenvalue weighted by Gasteiger charge is 2.13. The Bertz CT molecular complexity index is 1140. The summed E-state index contributed by atoms with van der Waals surface area (Å²) in [7, 11) is 2.96. The van der Waals surface area contributed by atoms with Gasteiger partial charge in [-0.05, 0) is 67.1 Å². The standard InChI is InChI=1S/C25H24N2O6/c1-4-32-19-12-10-18(11-13-19)25(29)33-22-14-9-17(15-23(22)31-3)16-26-27-24(28)20-7-5-6-8-21(20)30-2/h5-16H,4H2,1-3H3,(H,27,28)/b26-16+. The van der Waals surface area contributed by atoms with Gasteiger partial charge in [0.15, 0.2) is 11.5 Å². The Morgan fingerprint density at radius 3 is 2.33 bits per heavy atom. The topological polar surface area (TPSA) is 95.5 Å². The van der Waals surface area contributed by atoms with Crippen LogP contribution in [0.25, 0.3) is 0 Å². The summed E-state index contributed by atoms with van der Waals surface area (Å²) in [5, 5.41) is 3.97. The number of esters is 1. The quantitative estimate of drug-likeness (QED) is 0.229. The van der Waals surface area contributed by atoms with Crippen LogP contribution in [-0.4, -0.2) is 38.9 Å². The normalized spacial score (nSPS) is 10.5. The molecule has 3 aromatic rings. The molecule has 0 aliphatic rings. The zero-order valence-electron chi connectivity index (χ0n) is 18.5. The molecule has 1 N–H and O–H groups in total. The Morgan fingerprint density at radius 2 is 1.64 bits per heavy atom. The van der Waals surface area contributed by atoms with E-state index in [9.17, 15) is 9.59 Å². The highest BCUT2D eigenvalue weighted by molar-refractivity contribution is 5.97. The third-order valence-electron chi connectivity index (χ3n) is 4.52. The van der Waals surface area contributed by atoms with Crippen LogP contribution in [0.15, 0.2) is 71.8 Å². The van der Waals surface area contributed by atoms with E-state index < -0.39 is 11.9 Å². The number of para-hydroxylation sites is 1. The number of carbonyl (C=O) groups excluding carboxylic acids is 2. The lowest BCUT2D eigenvalue weighted by Gasteiger charge is -2.10. The maximum absolute atomic E-state index is 12.5. The van der Waals surface area contributed by atoms with Gasteiger partial charge in [0.25, 0.3) is 5.91 Å². The lowest BCUT2D eigenvalue weighted by Crippen LogP contribution is -2.18. The van der Waals surface area contributed by atoms with Crippen LogP contribution in [-0.2, 0) is 0 Å². The molecule has 33 heavy (non-hydrogen) atoms. The van der Waals surface area contributed by atoms with Gasteiger partial charge in [0, 0.05) is 0 Å². The Kier molecular flexibility index (Phi) is 8.02. The fourth-order valence-electron chi connectivity index (χ4n) is 2.92. The maximum Gasteiger partial charge on any atom is 0.343 e.